The quantitative estimate of drug-likeness (QED) is 0.369. The van der Waals surface area contributed by atoms with Crippen LogP contribution in [-0.4, -0.2) is 11.8 Å². The van der Waals surface area contributed by atoms with Crippen LogP contribution in [0.5, 0.6) is 11.5 Å². The summed E-state index contributed by atoms with van der Waals surface area (Å²) in [7, 11) is 0. The van der Waals surface area contributed by atoms with Gasteiger partial charge in [0.2, 0.25) is 5.78 Å². The maximum Gasteiger partial charge on any atom is 0.343 e. The van der Waals surface area contributed by atoms with Gasteiger partial charge in [-0.2, -0.15) is 0 Å². The molecule has 138 valence electrons. The molecule has 0 bridgehead atoms. The van der Waals surface area contributed by atoms with Gasteiger partial charge in [0.25, 0.3) is 0 Å². The number of ether oxygens (including phenoxy) is 2. The first-order valence-corrected chi connectivity index (χ1v) is 8.63. The van der Waals surface area contributed by atoms with Crippen LogP contribution in [0.4, 0.5) is 4.39 Å². The minimum atomic E-state index is -0.482. The van der Waals surface area contributed by atoms with Gasteiger partial charge in [-0.3, -0.25) is 4.79 Å². The predicted molar refractivity (Wildman–Crippen MR) is 102 cm³/mol. The molecule has 0 spiro atoms. The second-order valence-electron chi connectivity index (χ2n) is 6.35. The van der Waals surface area contributed by atoms with Crippen molar-refractivity contribution in [3.8, 4) is 11.5 Å². The normalized spacial score (nSPS) is 13.9. The number of aryl methyl sites for hydroxylation is 1. The molecule has 0 aliphatic carbocycles. The fourth-order valence-corrected chi connectivity index (χ4v) is 2.91. The third kappa shape index (κ3) is 3.42. The molecule has 1 heterocycles. The van der Waals surface area contributed by atoms with Gasteiger partial charge in [-0.25, -0.2) is 9.18 Å². The summed E-state index contributed by atoms with van der Waals surface area (Å²) in [5, 5.41) is 0. The number of carbonyl (C=O) groups excluding carboxylic acids is 2. The third-order valence-corrected chi connectivity index (χ3v) is 4.38. The van der Waals surface area contributed by atoms with E-state index in [2.05, 4.69) is 0 Å². The Hall–Kier alpha value is -3.73. The Morgan fingerprint density at radius 3 is 2.54 bits per heavy atom. The zero-order chi connectivity index (χ0) is 19.7. The molecule has 4 rings (SSSR count). The summed E-state index contributed by atoms with van der Waals surface area (Å²) in [6, 6.07) is 17.5. The van der Waals surface area contributed by atoms with E-state index in [4.69, 9.17) is 9.47 Å². The smallest absolute Gasteiger partial charge is 0.343 e. The first-order valence-electron chi connectivity index (χ1n) is 8.63. The van der Waals surface area contributed by atoms with Crippen LogP contribution in [0, 0.1) is 12.7 Å². The molecule has 0 radical (unpaired) electrons. The van der Waals surface area contributed by atoms with Gasteiger partial charge in [-0.1, -0.05) is 30.3 Å². The van der Waals surface area contributed by atoms with Crippen molar-refractivity contribution in [1.82, 2.24) is 0 Å². The van der Waals surface area contributed by atoms with Crippen LogP contribution in [0.1, 0.15) is 31.8 Å². The first-order chi connectivity index (χ1) is 13.5. The summed E-state index contributed by atoms with van der Waals surface area (Å²) in [6.07, 6.45) is 1.54. The largest absolute Gasteiger partial charge is 0.452 e. The number of esters is 1. The Morgan fingerprint density at radius 2 is 1.79 bits per heavy atom. The van der Waals surface area contributed by atoms with Crippen molar-refractivity contribution >= 4 is 17.8 Å². The van der Waals surface area contributed by atoms with Crippen LogP contribution < -0.4 is 9.47 Å². The fourth-order valence-electron chi connectivity index (χ4n) is 2.91. The van der Waals surface area contributed by atoms with Crippen molar-refractivity contribution in [2.75, 3.05) is 0 Å². The molecule has 0 saturated carbocycles. The molecule has 3 aromatic carbocycles. The number of ketones is 1. The van der Waals surface area contributed by atoms with E-state index in [0.717, 1.165) is 5.56 Å². The van der Waals surface area contributed by atoms with E-state index < -0.39 is 5.97 Å². The number of Topliss-reactive ketones (excluding diaryl/α,β-unsaturated/α-hetero) is 1. The Morgan fingerprint density at radius 1 is 1.04 bits per heavy atom. The molecular weight excluding hydrogens is 359 g/mol. The number of rotatable bonds is 3. The van der Waals surface area contributed by atoms with Gasteiger partial charge in [0.05, 0.1) is 11.1 Å². The molecule has 0 atom stereocenters. The second kappa shape index (κ2) is 7.12. The van der Waals surface area contributed by atoms with Crippen LogP contribution >= 0.6 is 0 Å². The maximum atomic E-state index is 13.0. The molecule has 0 aromatic heterocycles. The molecule has 1 aliphatic rings. The molecule has 0 unspecified atom stereocenters. The van der Waals surface area contributed by atoms with Gasteiger partial charge in [-0.05, 0) is 54.5 Å². The van der Waals surface area contributed by atoms with Crippen LogP contribution in [0.2, 0.25) is 0 Å². The van der Waals surface area contributed by atoms with E-state index in [1.54, 1.807) is 42.5 Å². The summed E-state index contributed by atoms with van der Waals surface area (Å²) in [6.45, 7) is 1.83. The molecule has 5 heteroatoms. The standard InChI is InChI=1S/C23H15FO4/c1-14-4-2-3-5-18(14)23(26)27-17-10-11-19-20(13-17)28-21(22(19)25)12-15-6-8-16(24)9-7-15/h2-13H,1H3. The van der Waals surface area contributed by atoms with Gasteiger partial charge >= 0.3 is 5.97 Å². The van der Waals surface area contributed by atoms with Gasteiger partial charge < -0.3 is 9.47 Å². The highest BCUT2D eigenvalue weighted by Gasteiger charge is 2.28. The van der Waals surface area contributed by atoms with Crippen LogP contribution in [0.25, 0.3) is 6.08 Å². The molecular formula is C23H15FO4. The first kappa shape index (κ1) is 17.7. The maximum absolute atomic E-state index is 13.0. The monoisotopic (exact) mass is 374 g/mol. The average molecular weight is 374 g/mol. The van der Waals surface area contributed by atoms with Crippen molar-refractivity contribution in [3.63, 3.8) is 0 Å². The SMILES string of the molecule is Cc1ccccc1C(=O)Oc1ccc2c(c1)OC(=Cc1ccc(F)cc1)C2=O. The fraction of sp³-hybridized carbons (Fsp3) is 0.0435. The molecule has 0 amide bonds. The minimum absolute atomic E-state index is 0.129. The van der Waals surface area contributed by atoms with E-state index >= 15 is 0 Å². The Kier molecular flexibility index (Phi) is 4.49. The topological polar surface area (TPSA) is 52.6 Å². The molecule has 28 heavy (non-hydrogen) atoms. The van der Waals surface area contributed by atoms with E-state index in [9.17, 15) is 14.0 Å². The number of hydrogen-bond acceptors (Lipinski definition) is 4. The number of halogens is 1. The van der Waals surface area contributed by atoms with E-state index in [1.165, 1.54) is 18.2 Å². The van der Waals surface area contributed by atoms with E-state index in [0.29, 0.717) is 22.4 Å². The summed E-state index contributed by atoms with van der Waals surface area (Å²) >= 11 is 0. The highest BCUT2D eigenvalue weighted by Crippen LogP contribution is 2.35. The van der Waals surface area contributed by atoms with Gasteiger partial charge in [0, 0.05) is 6.07 Å². The Bertz CT molecular complexity index is 1110. The van der Waals surface area contributed by atoms with Crippen molar-refractivity contribution in [1.29, 1.82) is 0 Å². The molecule has 0 fully saturated rings. The van der Waals surface area contributed by atoms with Crippen LogP contribution in [-0.2, 0) is 0 Å². The Labute approximate surface area is 160 Å². The number of fused-ring (bicyclic) bond motifs is 1. The lowest BCUT2D eigenvalue weighted by atomic mass is 10.1. The molecule has 1 aliphatic heterocycles. The summed E-state index contributed by atoms with van der Waals surface area (Å²) in [4.78, 5) is 24.9. The van der Waals surface area contributed by atoms with Crippen LogP contribution in [0.15, 0.2) is 72.5 Å². The van der Waals surface area contributed by atoms with Crippen molar-refractivity contribution in [3.05, 3.63) is 101 Å². The van der Waals surface area contributed by atoms with E-state index in [-0.39, 0.29) is 23.1 Å². The van der Waals surface area contributed by atoms with Crippen LogP contribution in [0.3, 0.4) is 0 Å². The average Bonchev–Trinajstić information content (AvgIpc) is 2.99. The van der Waals surface area contributed by atoms with Crippen molar-refractivity contribution < 1.29 is 23.5 Å². The second-order valence-corrected chi connectivity index (χ2v) is 6.35. The van der Waals surface area contributed by atoms with Gasteiger partial charge in [0.15, 0.2) is 5.76 Å². The predicted octanol–water partition coefficient (Wildman–Crippen LogP) is 4.97. The lowest BCUT2D eigenvalue weighted by Crippen LogP contribution is -2.10. The van der Waals surface area contributed by atoms with E-state index in [1.807, 2.05) is 19.1 Å². The van der Waals surface area contributed by atoms with Crippen molar-refractivity contribution in [2.45, 2.75) is 6.92 Å². The Balaban J connectivity index is 1.56. The number of hydrogen-bond donors (Lipinski definition) is 0. The molecule has 4 nitrogen and oxygen atoms in total. The minimum Gasteiger partial charge on any atom is -0.452 e. The summed E-state index contributed by atoms with van der Waals surface area (Å²) in [5.74, 6) is -0.398. The van der Waals surface area contributed by atoms with Gasteiger partial charge in [0.1, 0.15) is 17.3 Å². The number of carbonyl (C=O) groups is 2. The van der Waals surface area contributed by atoms with Gasteiger partial charge in [-0.15, -0.1) is 0 Å². The zero-order valence-corrected chi connectivity index (χ0v) is 14.9. The summed E-state index contributed by atoms with van der Waals surface area (Å²) in [5.41, 5.74) is 2.30. The van der Waals surface area contributed by atoms with Crippen molar-refractivity contribution in [2.24, 2.45) is 0 Å². The highest BCUT2D eigenvalue weighted by atomic mass is 19.1. The molecule has 0 N–H and O–H groups in total. The zero-order valence-electron chi connectivity index (χ0n) is 14.9. The lowest BCUT2D eigenvalue weighted by Gasteiger charge is -2.07. The third-order valence-electron chi connectivity index (χ3n) is 4.38. The summed E-state index contributed by atoms with van der Waals surface area (Å²) < 4.78 is 24.1. The molecule has 0 saturated heterocycles. The molecule has 3 aromatic rings. The lowest BCUT2D eigenvalue weighted by molar-refractivity contribution is 0.0733. The highest BCUT2D eigenvalue weighted by molar-refractivity contribution is 6.14. The number of benzene rings is 3. The number of allylic oxidation sites excluding steroid dienone is 1.